The second-order valence-corrected chi connectivity index (χ2v) is 6.84. The molecule has 25 heavy (non-hydrogen) atoms. The number of rotatable bonds is 4. The minimum absolute atomic E-state index is 0.0566. The number of ether oxygens (including phenoxy) is 3. The molecule has 0 bridgehead atoms. The van der Waals surface area contributed by atoms with Gasteiger partial charge in [0.05, 0.1) is 25.9 Å². The summed E-state index contributed by atoms with van der Waals surface area (Å²) < 4.78 is 17.6. The number of carbonyl (C=O) groups is 1. The zero-order chi connectivity index (χ0) is 17.7. The van der Waals surface area contributed by atoms with Crippen molar-refractivity contribution < 1.29 is 19.0 Å². The molecule has 2 saturated heterocycles. The lowest BCUT2D eigenvalue weighted by molar-refractivity contribution is -0.296. The lowest BCUT2D eigenvalue weighted by Crippen LogP contribution is -2.57. The molecule has 2 unspecified atom stereocenters. The van der Waals surface area contributed by atoms with E-state index in [9.17, 15) is 4.79 Å². The summed E-state index contributed by atoms with van der Waals surface area (Å²) in [6.45, 7) is 5.82. The maximum Gasteiger partial charge on any atom is 0.410 e. The summed E-state index contributed by atoms with van der Waals surface area (Å²) in [5.41, 5.74) is 1.11. The Labute approximate surface area is 150 Å². The second-order valence-electron chi connectivity index (χ2n) is 6.84. The van der Waals surface area contributed by atoms with E-state index in [0.717, 1.165) is 38.0 Å². The molecule has 0 aromatic heterocycles. The molecule has 138 valence electrons. The largest absolute Gasteiger partial charge is 0.450 e. The highest BCUT2D eigenvalue weighted by atomic mass is 16.7. The third-order valence-electron chi connectivity index (χ3n) is 5.08. The Balaban J connectivity index is 1.95. The molecule has 2 aliphatic heterocycles. The summed E-state index contributed by atoms with van der Waals surface area (Å²) in [6.07, 6.45) is 3.96. The number of nitrogens with zero attached hydrogens (tertiary/aromatic N) is 1. The molecule has 2 aliphatic rings. The van der Waals surface area contributed by atoms with E-state index in [1.165, 1.54) is 0 Å². The van der Waals surface area contributed by atoms with Crippen molar-refractivity contribution in [3.05, 3.63) is 35.9 Å². The number of piperidine rings is 1. The summed E-state index contributed by atoms with van der Waals surface area (Å²) in [6, 6.07) is 10.1. The van der Waals surface area contributed by atoms with Gasteiger partial charge in [-0.05, 0) is 25.3 Å². The van der Waals surface area contributed by atoms with Gasteiger partial charge in [0.25, 0.3) is 0 Å². The molecule has 1 aromatic rings. The normalized spacial score (nSPS) is 25.8. The van der Waals surface area contributed by atoms with E-state index in [1.54, 1.807) is 0 Å². The topological polar surface area (TPSA) is 48.0 Å². The van der Waals surface area contributed by atoms with Crippen LogP contribution >= 0.6 is 0 Å². The molecule has 1 spiro atoms. The fraction of sp³-hybridized carbons (Fsp3) is 0.650. The number of benzene rings is 1. The van der Waals surface area contributed by atoms with Crippen LogP contribution in [0.1, 0.15) is 57.6 Å². The summed E-state index contributed by atoms with van der Waals surface area (Å²) >= 11 is 0. The Morgan fingerprint density at radius 1 is 1.20 bits per heavy atom. The molecule has 5 heteroatoms. The Hall–Kier alpha value is -1.59. The van der Waals surface area contributed by atoms with Crippen LogP contribution in [0.25, 0.3) is 0 Å². The maximum absolute atomic E-state index is 12.8. The van der Waals surface area contributed by atoms with Gasteiger partial charge in [0.2, 0.25) is 0 Å². The summed E-state index contributed by atoms with van der Waals surface area (Å²) in [5, 5.41) is 0. The van der Waals surface area contributed by atoms with Gasteiger partial charge >= 0.3 is 6.09 Å². The standard InChI is InChI=1S/C20H29NO4/c1-3-9-17-14-20(24-12-8-13-25-20)15-18(16-10-6-5-7-11-16)21(17)19(22)23-4-2/h5-7,10-11,17-18H,3-4,8-9,12-15H2,1-2H3. The van der Waals surface area contributed by atoms with Crippen LogP contribution in [-0.2, 0) is 14.2 Å². The predicted octanol–water partition coefficient (Wildman–Crippen LogP) is 4.28. The Morgan fingerprint density at radius 2 is 1.92 bits per heavy atom. The fourth-order valence-electron chi connectivity index (χ4n) is 4.04. The number of hydrogen-bond acceptors (Lipinski definition) is 4. The highest BCUT2D eigenvalue weighted by molar-refractivity contribution is 5.69. The number of amides is 1. The van der Waals surface area contributed by atoms with Crippen molar-refractivity contribution in [2.45, 2.75) is 63.8 Å². The molecule has 2 heterocycles. The molecule has 3 rings (SSSR count). The van der Waals surface area contributed by atoms with E-state index < -0.39 is 5.79 Å². The molecule has 0 radical (unpaired) electrons. The zero-order valence-electron chi connectivity index (χ0n) is 15.3. The van der Waals surface area contributed by atoms with Crippen molar-refractivity contribution in [3.63, 3.8) is 0 Å². The fourth-order valence-corrected chi connectivity index (χ4v) is 4.04. The van der Waals surface area contributed by atoms with Gasteiger partial charge in [-0.3, -0.25) is 4.90 Å². The van der Waals surface area contributed by atoms with Crippen LogP contribution in [0.3, 0.4) is 0 Å². The minimum atomic E-state index is -0.582. The molecule has 0 aliphatic carbocycles. The van der Waals surface area contributed by atoms with Crippen molar-refractivity contribution in [2.24, 2.45) is 0 Å². The Bertz CT molecular complexity index is 556. The van der Waals surface area contributed by atoms with Gasteiger partial charge in [0.15, 0.2) is 5.79 Å². The molecular formula is C20H29NO4. The zero-order valence-corrected chi connectivity index (χ0v) is 15.3. The van der Waals surface area contributed by atoms with Crippen LogP contribution in [0.15, 0.2) is 30.3 Å². The molecule has 2 atom stereocenters. The number of hydrogen-bond donors (Lipinski definition) is 0. The van der Waals surface area contributed by atoms with Gasteiger partial charge in [-0.15, -0.1) is 0 Å². The first-order valence-corrected chi connectivity index (χ1v) is 9.47. The number of carbonyl (C=O) groups excluding carboxylic acids is 1. The SMILES string of the molecule is CCCC1CC2(CC(c3ccccc3)N1C(=O)OCC)OCCCO2. The van der Waals surface area contributed by atoms with E-state index in [2.05, 4.69) is 19.1 Å². The van der Waals surface area contributed by atoms with Crippen LogP contribution in [0.2, 0.25) is 0 Å². The molecule has 1 amide bonds. The quantitative estimate of drug-likeness (QED) is 0.815. The van der Waals surface area contributed by atoms with Crippen LogP contribution in [0, 0.1) is 0 Å². The average molecular weight is 347 g/mol. The van der Waals surface area contributed by atoms with Crippen LogP contribution < -0.4 is 0 Å². The van der Waals surface area contributed by atoms with Gasteiger partial charge < -0.3 is 14.2 Å². The number of likely N-dealkylation sites (tertiary alicyclic amines) is 1. The molecular weight excluding hydrogens is 318 g/mol. The van der Waals surface area contributed by atoms with Crippen LogP contribution in [0.4, 0.5) is 4.79 Å². The first kappa shape index (κ1) is 18.2. The van der Waals surface area contributed by atoms with Crippen molar-refractivity contribution in [2.75, 3.05) is 19.8 Å². The Kier molecular flexibility index (Phi) is 5.97. The Morgan fingerprint density at radius 3 is 2.56 bits per heavy atom. The highest BCUT2D eigenvalue weighted by Gasteiger charge is 2.49. The predicted molar refractivity (Wildman–Crippen MR) is 95.2 cm³/mol. The van der Waals surface area contributed by atoms with Crippen molar-refractivity contribution >= 4 is 6.09 Å². The van der Waals surface area contributed by atoms with E-state index >= 15 is 0 Å². The summed E-state index contributed by atoms with van der Waals surface area (Å²) in [4.78, 5) is 14.7. The van der Waals surface area contributed by atoms with E-state index in [4.69, 9.17) is 14.2 Å². The third kappa shape index (κ3) is 3.98. The minimum Gasteiger partial charge on any atom is -0.450 e. The maximum atomic E-state index is 12.8. The highest BCUT2D eigenvalue weighted by Crippen LogP contribution is 2.45. The van der Waals surface area contributed by atoms with Crippen molar-refractivity contribution in [1.82, 2.24) is 4.90 Å². The summed E-state index contributed by atoms with van der Waals surface area (Å²) in [5.74, 6) is -0.582. The molecule has 5 nitrogen and oxygen atoms in total. The van der Waals surface area contributed by atoms with Gasteiger partial charge in [-0.25, -0.2) is 4.79 Å². The first-order chi connectivity index (χ1) is 12.2. The third-order valence-corrected chi connectivity index (χ3v) is 5.08. The second kappa shape index (κ2) is 8.19. The average Bonchev–Trinajstić information content (AvgIpc) is 2.63. The van der Waals surface area contributed by atoms with Crippen LogP contribution in [0.5, 0.6) is 0 Å². The van der Waals surface area contributed by atoms with Crippen molar-refractivity contribution in [1.29, 1.82) is 0 Å². The molecule has 0 saturated carbocycles. The van der Waals surface area contributed by atoms with Gasteiger partial charge in [-0.2, -0.15) is 0 Å². The first-order valence-electron chi connectivity index (χ1n) is 9.47. The van der Waals surface area contributed by atoms with Gasteiger partial charge in [0.1, 0.15) is 0 Å². The van der Waals surface area contributed by atoms with Gasteiger partial charge in [0, 0.05) is 18.9 Å². The lowest BCUT2D eigenvalue weighted by atomic mass is 9.84. The summed E-state index contributed by atoms with van der Waals surface area (Å²) in [7, 11) is 0. The van der Waals surface area contributed by atoms with Crippen LogP contribution in [-0.4, -0.2) is 42.6 Å². The van der Waals surface area contributed by atoms with E-state index in [1.807, 2.05) is 30.0 Å². The monoisotopic (exact) mass is 347 g/mol. The molecule has 2 fully saturated rings. The van der Waals surface area contributed by atoms with E-state index in [0.29, 0.717) is 19.4 Å². The van der Waals surface area contributed by atoms with Crippen molar-refractivity contribution in [3.8, 4) is 0 Å². The lowest BCUT2D eigenvalue weighted by Gasteiger charge is -2.51. The smallest absolute Gasteiger partial charge is 0.410 e. The van der Waals surface area contributed by atoms with Gasteiger partial charge in [-0.1, -0.05) is 43.7 Å². The van der Waals surface area contributed by atoms with E-state index in [-0.39, 0.29) is 18.2 Å². The molecule has 1 aromatic carbocycles. The molecule has 0 N–H and O–H groups in total.